The fourth-order valence-corrected chi connectivity index (χ4v) is 9.14. The van der Waals surface area contributed by atoms with Crippen molar-refractivity contribution < 1.29 is 5.11 Å². The second kappa shape index (κ2) is 17.3. The lowest BCUT2D eigenvalue weighted by Gasteiger charge is -2.25. The van der Waals surface area contributed by atoms with E-state index in [-0.39, 0.29) is 27.9 Å². The van der Waals surface area contributed by atoms with Crippen LogP contribution in [0.5, 0.6) is 5.75 Å². The number of rotatable bonds is 8. The summed E-state index contributed by atoms with van der Waals surface area (Å²) >= 11 is 0. The molecule has 9 rings (SSSR count). The largest absolute Gasteiger partial charge is 0.507 e. The summed E-state index contributed by atoms with van der Waals surface area (Å²) in [6.07, 6.45) is 1.93. The molecular weight excluding hydrogens is 815 g/mol. The Morgan fingerprint density at radius 3 is 1.66 bits per heavy atom. The van der Waals surface area contributed by atoms with Gasteiger partial charge in [0, 0.05) is 22.9 Å². The summed E-state index contributed by atoms with van der Waals surface area (Å²) in [6.45, 7) is 24.6. The highest BCUT2D eigenvalue weighted by molar-refractivity contribution is 5.98. The Morgan fingerprint density at radius 2 is 1.00 bits per heavy atom. The zero-order chi connectivity index (χ0) is 47.4. The van der Waals surface area contributed by atoms with Crippen molar-refractivity contribution in [1.29, 1.82) is 0 Å². The van der Waals surface area contributed by atoms with Crippen molar-refractivity contribution in [3.05, 3.63) is 192 Å². The summed E-state index contributed by atoms with van der Waals surface area (Å²) in [5.41, 5.74) is 18.5. The first-order chi connectivity index (χ1) is 31.8. The predicted molar refractivity (Wildman–Crippen MR) is 283 cm³/mol. The van der Waals surface area contributed by atoms with Gasteiger partial charge < -0.3 is 5.11 Å². The fourth-order valence-electron chi connectivity index (χ4n) is 9.14. The van der Waals surface area contributed by atoms with E-state index in [0.29, 0.717) is 5.82 Å². The third kappa shape index (κ3) is 8.98. The van der Waals surface area contributed by atoms with Crippen molar-refractivity contribution in [2.24, 2.45) is 0 Å². The third-order valence-electron chi connectivity index (χ3n) is 13.2. The van der Waals surface area contributed by atoms with Gasteiger partial charge in [-0.05, 0) is 132 Å². The van der Waals surface area contributed by atoms with Crippen LogP contribution in [0.15, 0.2) is 170 Å². The van der Waals surface area contributed by atoms with E-state index >= 15 is 0 Å². The van der Waals surface area contributed by atoms with Crippen molar-refractivity contribution in [3.63, 3.8) is 0 Å². The molecule has 0 aliphatic carbocycles. The van der Waals surface area contributed by atoms with Gasteiger partial charge in [0.15, 0.2) is 0 Å². The molecule has 336 valence electrons. The number of pyridine rings is 1. The average Bonchev–Trinajstić information content (AvgIpc) is 3.70. The molecule has 2 heterocycles. The highest BCUT2D eigenvalue weighted by atomic mass is 16.3. The van der Waals surface area contributed by atoms with Crippen LogP contribution in [0.25, 0.3) is 83.9 Å². The predicted octanol–water partition coefficient (Wildman–Crippen LogP) is 17.1. The molecule has 0 unspecified atom stereocenters. The molecular formula is C63H63N3O. The normalized spacial score (nSPS) is 12.3. The zero-order valence-electron chi connectivity index (χ0n) is 41.0. The van der Waals surface area contributed by atoms with Gasteiger partial charge in [-0.25, -0.2) is 4.98 Å². The van der Waals surface area contributed by atoms with E-state index in [4.69, 9.17) is 9.97 Å². The minimum Gasteiger partial charge on any atom is -0.507 e. The molecule has 0 amide bonds. The lowest BCUT2D eigenvalue weighted by Crippen LogP contribution is -2.13. The fraction of sp³-hybridized carbons (Fsp3) is 0.238. The summed E-state index contributed by atoms with van der Waals surface area (Å²) in [4.78, 5) is 10.7. The molecule has 0 saturated carbocycles. The third-order valence-corrected chi connectivity index (χ3v) is 13.2. The van der Waals surface area contributed by atoms with Crippen LogP contribution in [0, 0.1) is 0 Å². The summed E-state index contributed by atoms with van der Waals surface area (Å²) in [5, 5.41) is 12.4. The van der Waals surface area contributed by atoms with Crippen LogP contribution in [0.2, 0.25) is 0 Å². The van der Waals surface area contributed by atoms with Gasteiger partial charge >= 0.3 is 0 Å². The van der Waals surface area contributed by atoms with Gasteiger partial charge in [0.25, 0.3) is 0 Å². The quantitative estimate of drug-likeness (QED) is 0.165. The molecule has 0 spiro atoms. The van der Waals surface area contributed by atoms with E-state index in [1.54, 1.807) is 0 Å². The van der Waals surface area contributed by atoms with E-state index < -0.39 is 0 Å². The minimum atomic E-state index is -0.169. The number of aromatic nitrogens is 3. The molecule has 0 saturated heterocycles. The number of phenols is 1. The number of fused-ring (bicyclic) bond motifs is 1. The first kappa shape index (κ1) is 45.1. The van der Waals surface area contributed by atoms with Crippen LogP contribution in [0.3, 0.4) is 0 Å². The van der Waals surface area contributed by atoms with E-state index in [9.17, 15) is 5.11 Å². The first-order valence-electron chi connectivity index (χ1n) is 23.7. The van der Waals surface area contributed by atoms with Crippen molar-refractivity contribution in [3.8, 4) is 78.6 Å². The van der Waals surface area contributed by atoms with E-state index in [0.717, 1.165) is 78.0 Å². The molecule has 9 aromatic rings. The summed E-state index contributed by atoms with van der Waals surface area (Å²) in [7, 11) is 0. The van der Waals surface area contributed by atoms with E-state index in [2.05, 4.69) is 245 Å². The second-order valence-electron chi connectivity index (χ2n) is 21.6. The van der Waals surface area contributed by atoms with Crippen LogP contribution >= 0.6 is 0 Å². The van der Waals surface area contributed by atoms with Crippen LogP contribution in [-0.4, -0.2) is 19.6 Å². The molecule has 0 radical (unpaired) electrons. The Balaban J connectivity index is 1.30. The van der Waals surface area contributed by atoms with Crippen molar-refractivity contribution in [2.45, 2.75) is 98.3 Å². The number of para-hydroxylation sites is 1. The standard InChI is InChI=1S/C63H63N3O/c1-40(2)52-38-50(63(9,10)11)39-54(59(52)67)60-65-58-51(26-19-27-57(58)66(60)56-29-28-48(61(3,4)5)37-53(56)42-22-16-13-17-23-42)46-33-47(35-49(34-46)62(6,7)8)55-36-45(30-31-64-55)44-25-18-24-43(32-44)41-20-14-12-15-21-41/h12-40,67H,1-11H3. The molecule has 0 atom stereocenters. The van der Waals surface area contributed by atoms with Crippen molar-refractivity contribution >= 4 is 11.0 Å². The maximum Gasteiger partial charge on any atom is 0.149 e. The summed E-state index contributed by atoms with van der Waals surface area (Å²) in [5.74, 6) is 1.07. The van der Waals surface area contributed by atoms with Gasteiger partial charge in [-0.3, -0.25) is 9.55 Å². The smallest absolute Gasteiger partial charge is 0.149 e. The molecule has 7 aromatic carbocycles. The van der Waals surface area contributed by atoms with Gasteiger partial charge in [0.1, 0.15) is 11.6 Å². The highest BCUT2D eigenvalue weighted by Crippen LogP contribution is 2.45. The van der Waals surface area contributed by atoms with Crippen molar-refractivity contribution in [1.82, 2.24) is 14.5 Å². The van der Waals surface area contributed by atoms with Crippen LogP contribution < -0.4 is 0 Å². The van der Waals surface area contributed by atoms with Gasteiger partial charge in [0.05, 0.1) is 28.0 Å². The molecule has 0 aliphatic heterocycles. The molecule has 0 aliphatic rings. The Kier molecular flexibility index (Phi) is 11.7. The summed E-state index contributed by atoms with van der Waals surface area (Å²) < 4.78 is 2.29. The molecule has 2 aromatic heterocycles. The average molecular weight is 878 g/mol. The van der Waals surface area contributed by atoms with E-state index in [1.807, 2.05) is 6.20 Å². The number of benzene rings is 7. The lowest BCUT2D eigenvalue weighted by atomic mass is 9.83. The summed E-state index contributed by atoms with van der Waals surface area (Å²) in [6, 6.07) is 58.9. The monoisotopic (exact) mass is 877 g/mol. The number of hydrogen-bond donors (Lipinski definition) is 1. The zero-order valence-corrected chi connectivity index (χ0v) is 41.0. The molecule has 0 bridgehead atoms. The minimum absolute atomic E-state index is 0.0725. The Labute approximate surface area is 398 Å². The maximum absolute atomic E-state index is 12.4. The van der Waals surface area contributed by atoms with E-state index in [1.165, 1.54) is 22.3 Å². The Hall–Kier alpha value is -7.04. The Morgan fingerprint density at radius 1 is 0.448 bits per heavy atom. The SMILES string of the molecule is CC(C)c1cc(C(C)(C)C)cc(-c2nc3c(-c4cc(-c5cc(-c6cccc(-c7ccccc7)c6)ccn5)cc(C(C)(C)C)c4)cccc3n2-c2ccc(C(C)(C)C)cc2-c2ccccc2)c1O. The molecule has 67 heavy (non-hydrogen) atoms. The number of nitrogens with zero attached hydrogens (tertiary/aromatic N) is 3. The second-order valence-corrected chi connectivity index (χ2v) is 21.6. The molecule has 1 N–H and O–H groups in total. The van der Waals surface area contributed by atoms with Crippen molar-refractivity contribution in [2.75, 3.05) is 0 Å². The molecule has 4 nitrogen and oxygen atoms in total. The lowest BCUT2D eigenvalue weighted by molar-refractivity contribution is 0.465. The van der Waals surface area contributed by atoms with Gasteiger partial charge in [0.2, 0.25) is 0 Å². The first-order valence-corrected chi connectivity index (χ1v) is 23.7. The number of phenolic OH excluding ortho intramolecular Hbond substituents is 1. The van der Waals surface area contributed by atoms with Gasteiger partial charge in [-0.2, -0.15) is 0 Å². The number of aromatic hydroxyl groups is 1. The maximum atomic E-state index is 12.4. The topological polar surface area (TPSA) is 50.9 Å². The van der Waals surface area contributed by atoms with Crippen LogP contribution in [0.4, 0.5) is 0 Å². The van der Waals surface area contributed by atoms with Gasteiger partial charge in [-0.15, -0.1) is 0 Å². The van der Waals surface area contributed by atoms with Gasteiger partial charge in [-0.1, -0.05) is 185 Å². The van der Waals surface area contributed by atoms with Crippen LogP contribution in [0.1, 0.15) is 104 Å². The number of hydrogen-bond acceptors (Lipinski definition) is 3. The molecule has 4 heteroatoms. The Bertz CT molecular complexity index is 3260. The molecule has 0 fully saturated rings. The number of imidazole rings is 1. The highest BCUT2D eigenvalue weighted by Gasteiger charge is 2.28. The van der Waals surface area contributed by atoms with Crippen LogP contribution in [-0.2, 0) is 16.2 Å².